The van der Waals surface area contributed by atoms with Crippen LogP contribution in [0.1, 0.15) is 37.4 Å². The van der Waals surface area contributed by atoms with Crippen molar-refractivity contribution in [2.75, 3.05) is 26.7 Å². The first-order valence-corrected chi connectivity index (χ1v) is 8.62. The molecule has 0 atom stereocenters. The zero-order valence-corrected chi connectivity index (χ0v) is 15.0. The van der Waals surface area contributed by atoms with E-state index in [2.05, 4.69) is 32.5 Å². The van der Waals surface area contributed by atoms with Gasteiger partial charge in [-0.15, -0.1) is 0 Å². The highest BCUT2D eigenvalue weighted by Crippen LogP contribution is 2.30. The monoisotopic (exact) mass is 360 g/mol. The zero-order chi connectivity index (χ0) is 18.4. The van der Waals surface area contributed by atoms with Crippen molar-refractivity contribution in [2.24, 2.45) is 12.0 Å². The maximum atomic E-state index is 13.0. The van der Waals surface area contributed by atoms with Crippen LogP contribution in [0.5, 0.6) is 0 Å². The Hall–Kier alpha value is -1.77. The summed E-state index contributed by atoms with van der Waals surface area (Å²) in [4.78, 5) is 6.55. The molecule has 1 aliphatic rings. The SMILES string of the molecule is CCCN1CCC(NC(=NC)NCc2cn(C)nc2C(F)(F)F)CC1. The average molecular weight is 360 g/mol. The lowest BCUT2D eigenvalue weighted by molar-refractivity contribution is -0.142. The van der Waals surface area contributed by atoms with E-state index < -0.39 is 11.9 Å². The molecule has 2 N–H and O–H groups in total. The molecule has 25 heavy (non-hydrogen) atoms. The second kappa shape index (κ2) is 8.55. The van der Waals surface area contributed by atoms with Crippen molar-refractivity contribution in [1.29, 1.82) is 0 Å². The molecular weight excluding hydrogens is 333 g/mol. The predicted octanol–water partition coefficient (Wildman–Crippen LogP) is 1.98. The maximum absolute atomic E-state index is 13.0. The van der Waals surface area contributed by atoms with Gasteiger partial charge in [0.05, 0.1) is 0 Å². The fraction of sp³-hybridized carbons (Fsp3) is 0.750. The molecule has 1 fully saturated rings. The molecule has 0 radical (unpaired) electrons. The van der Waals surface area contributed by atoms with Crippen LogP contribution in [0.25, 0.3) is 0 Å². The first-order chi connectivity index (χ1) is 11.8. The Labute approximate surface area is 146 Å². The normalized spacial score (nSPS) is 17.8. The summed E-state index contributed by atoms with van der Waals surface area (Å²) in [7, 11) is 3.10. The Bertz CT molecular complexity index is 573. The van der Waals surface area contributed by atoms with Crippen LogP contribution in [0.15, 0.2) is 11.2 Å². The summed E-state index contributed by atoms with van der Waals surface area (Å²) in [6.45, 7) is 5.37. The largest absolute Gasteiger partial charge is 0.435 e. The average Bonchev–Trinajstić information content (AvgIpc) is 2.94. The Morgan fingerprint density at radius 3 is 2.60 bits per heavy atom. The van der Waals surface area contributed by atoms with Crippen molar-refractivity contribution in [3.63, 3.8) is 0 Å². The third-order valence-electron chi connectivity index (χ3n) is 4.31. The van der Waals surface area contributed by atoms with E-state index in [1.165, 1.54) is 17.9 Å². The summed E-state index contributed by atoms with van der Waals surface area (Å²) < 4.78 is 40.1. The van der Waals surface area contributed by atoms with Gasteiger partial charge < -0.3 is 15.5 Å². The number of aryl methyl sites for hydroxylation is 1. The minimum Gasteiger partial charge on any atom is -0.354 e. The van der Waals surface area contributed by atoms with Crippen molar-refractivity contribution in [1.82, 2.24) is 25.3 Å². The first-order valence-electron chi connectivity index (χ1n) is 8.62. The zero-order valence-electron chi connectivity index (χ0n) is 15.0. The van der Waals surface area contributed by atoms with E-state index in [4.69, 9.17) is 0 Å². The summed E-state index contributed by atoms with van der Waals surface area (Å²) in [6, 6.07) is 0.287. The number of alkyl halides is 3. The third-order valence-corrected chi connectivity index (χ3v) is 4.31. The van der Waals surface area contributed by atoms with Gasteiger partial charge >= 0.3 is 6.18 Å². The van der Waals surface area contributed by atoms with Gasteiger partial charge in [0, 0.05) is 51.5 Å². The lowest BCUT2D eigenvalue weighted by Crippen LogP contribution is -2.48. The van der Waals surface area contributed by atoms with Crippen LogP contribution in [0.3, 0.4) is 0 Å². The van der Waals surface area contributed by atoms with Crippen molar-refractivity contribution in [3.8, 4) is 0 Å². The number of piperidine rings is 1. The lowest BCUT2D eigenvalue weighted by atomic mass is 10.1. The molecule has 0 aromatic carbocycles. The summed E-state index contributed by atoms with van der Waals surface area (Å²) >= 11 is 0. The van der Waals surface area contributed by atoms with E-state index in [0.717, 1.165) is 38.9 Å². The molecule has 6 nitrogen and oxygen atoms in total. The fourth-order valence-corrected chi connectivity index (χ4v) is 3.09. The molecular formula is C16H27F3N6. The van der Waals surface area contributed by atoms with E-state index in [-0.39, 0.29) is 18.2 Å². The first kappa shape index (κ1) is 19.6. The van der Waals surface area contributed by atoms with Crippen LogP contribution in [0, 0.1) is 0 Å². The van der Waals surface area contributed by atoms with Crippen LogP contribution in [0.2, 0.25) is 0 Å². The van der Waals surface area contributed by atoms with Crippen LogP contribution in [-0.2, 0) is 19.8 Å². The molecule has 2 rings (SSSR count). The van der Waals surface area contributed by atoms with Gasteiger partial charge in [0.1, 0.15) is 0 Å². The summed E-state index contributed by atoms with van der Waals surface area (Å²) in [5.41, 5.74) is -0.749. The third kappa shape index (κ3) is 5.62. The number of aromatic nitrogens is 2. The Morgan fingerprint density at radius 2 is 2.04 bits per heavy atom. The van der Waals surface area contributed by atoms with Crippen molar-refractivity contribution >= 4 is 5.96 Å². The second-order valence-corrected chi connectivity index (χ2v) is 6.36. The van der Waals surface area contributed by atoms with Crippen molar-refractivity contribution in [3.05, 3.63) is 17.5 Å². The van der Waals surface area contributed by atoms with E-state index in [1.807, 2.05) is 0 Å². The fourth-order valence-electron chi connectivity index (χ4n) is 3.09. The summed E-state index contributed by atoms with van der Waals surface area (Å²) in [6.07, 6.45) is 0.0738. The molecule has 1 aromatic heterocycles. The molecule has 2 heterocycles. The Balaban J connectivity index is 1.88. The number of likely N-dealkylation sites (tertiary alicyclic amines) is 1. The molecule has 0 bridgehead atoms. The number of hydrogen-bond acceptors (Lipinski definition) is 3. The summed E-state index contributed by atoms with van der Waals surface area (Å²) in [5, 5.41) is 9.79. The molecule has 9 heteroatoms. The molecule has 0 saturated carbocycles. The van der Waals surface area contributed by atoms with Crippen molar-refractivity contribution in [2.45, 2.75) is 44.9 Å². The van der Waals surface area contributed by atoms with E-state index in [0.29, 0.717) is 5.96 Å². The standard InChI is InChI=1S/C16H27F3N6/c1-4-7-25-8-5-13(6-9-25)22-15(20-2)21-10-12-11-24(3)23-14(12)16(17,18)19/h11,13H,4-10H2,1-3H3,(H2,20,21,22). The number of hydrogen-bond donors (Lipinski definition) is 2. The smallest absolute Gasteiger partial charge is 0.354 e. The maximum Gasteiger partial charge on any atom is 0.435 e. The highest BCUT2D eigenvalue weighted by molar-refractivity contribution is 5.80. The van der Waals surface area contributed by atoms with Crippen LogP contribution in [0.4, 0.5) is 13.2 Å². The topological polar surface area (TPSA) is 57.5 Å². The molecule has 0 aliphatic carbocycles. The molecule has 0 spiro atoms. The molecule has 0 unspecified atom stereocenters. The van der Waals surface area contributed by atoms with E-state index in [9.17, 15) is 13.2 Å². The lowest BCUT2D eigenvalue weighted by Gasteiger charge is -2.32. The van der Waals surface area contributed by atoms with Gasteiger partial charge in [-0.2, -0.15) is 18.3 Å². The van der Waals surface area contributed by atoms with Crippen LogP contribution in [-0.4, -0.2) is 53.4 Å². The number of nitrogens with zero attached hydrogens (tertiary/aromatic N) is 4. The van der Waals surface area contributed by atoms with Gasteiger partial charge in [-0.05, 0) is 25.8 Å². The number of nitrogens with one attached hydrogen (secondary N) is 2. The molecule has 1 saturated heterocycles. The van der Waals surface area contributed by atoms with Gasteiger partial charge in [-0.25, -0.2) is 0 Å². The van der Waals surface area contributed by atoms with Gasteiger partial charge in [0.15, 0.2) is 11.7 Å². The number of rotatable bonds is 5. The Kier molecular flexibility index (Phi) is 6.69. The quantitative estimate of drug-likeness (QED) is 0.623. The molecule has 1 aromatic rings. The predicted molar refractivity (Wildman–Crippen MR) is 91.3 cm³/mol. The second-order valence-electron chi connectivity index (χ2n) is 6.36. The van der Waals surface area contributed by atoms with E-state index in [1.54, 1.807) is 7.05 Å². The minimum atomic E-state index is -4.46. The van der Waals surface area contributed by atoms with Gasteiger partial charge in [-0.1, -0.05) is 6.92 Å². The number of guanidine groups is 1. The summed E-state index contributed by atoms with van der Waals surface area (Å²) in [5.74, 6) is 0.519. The van der Waals surface area contributed by atoms with Crippen LogP contribution < -0.4 is 10.6 Å². The van der Waals surface area contributed by atoms with Gasteiger partial charge in [0.2, 0.25) is 0 Å². The highest BCUT2D eigenvalue weighted by atomic mass is 19.4. The minimum absolute atomic E-state index is 0.0248. The van der Waals surface area contributed by atoms with Gasteiger partial charge in [0.25, 0.3) is 0 Å². The van der Waals surface area contributed by atoms with Gasteiger partial charge in [-0.3, -0.25) is 9.67 Å². The van der Waals surface area contributed by atoms with Crippen molar-refractivity contribution < 1.29 is 13.2 Å². The number of aliphatic imine (C=N–C) groups is 1. The van der Waals surface area contributed by atoms with E-state index >= 15 is 0 Å². The molecule has 1 aliphatic heterocycles. The van der Waals surface area contributed by atoms with Crippen LogP contribution >= 0.6 is 0 Å². The molecule has 0 amide bonds. The number of halogens is 3. The highest BCUT2D eigenvalue weighted by Gasteiger charge is 2.36. The molecule has 142 valence electrons. The Morgan fingerprint density at radius 1 is 1.36 bits per heavy atom.